The average Bonchev–Trinajstić information content (AvgIpc) is 2.33. The molecule has 1 aromatic heterocycles. The summed E-state index contributed by atoms with van der Waals surface area (Å²) in [6.45, 7) is 9.54. The lowest BCUT2D eigenvalue weighted by Gasteiger charge is -2.19. The van der Waals surface area contributed by atoms with E-state index in [1.165, 1.54) is 6.42 Å². The van der Waals surface area contributed by atoms with Crippen LogP contribution in [0.1, 0.15) is 40.5 Å². The van der Waals surface area contributed by atoms with Crippen LogP contribution in [-0.2, 0) is 0 Å². The first-order chi connectivity index (χ1) is 8.56. The van der Waals surface area contributed by atoms with Crippen LogP contribution in [-0.4, -0.2) is 22.6 Å². The van der Waals surface area contributed by atoms with E-state index >= 15 is 0 Å². The van der Waals surface area contributed by atoms with Crippen molar-refractivity contribution in [3.63, 3.8) is 0 Å². The number of halogens is 1. The van der Waals surface area contributed by atoms with Gasteiger partial charge in [-0.1, -0.05) is 20.3 Å². The molecule has 2 atom stereocenters. The molecular formula is C13H23BrN4. The van der Waals surface area contributed by atoms with E-state index in [0.29, 0.717) is 12.0 Å². The quantitative estimate of drug-likeness (QED) is 0.801. The van der Waals surface area contributed by atoms with Gasteiger partial charge in [-0.25, -0.2) is 4.98 Å². The van der Waals surface area contributed by atoms with Gasteiger partial charge in [0, 0.05) is 18.8 Å². The van der Waals surface area contributed by atoms with Crippen LogP contribution in [0.4, 0.5) is 11.8 Å². The Bertz CT molecular complexity index is 370. The van der Waals surface area contributed by atoms with Gasteiger partial charge in [0.1, 0.15) is 5.82 Å². The molecule has 0 saturated heterocycles. The highest BCUT2D eigenvalue weighted by Gasteiger charge is 2.10. The van der Waals surface area contributed by atoms with E-state index in [0.717, 1.165) is 29.2 Å². The van der Waals surface area contributed by atoms with Crippen molar-refractivity contribution in [2.45, 2.75) is 46.6 Å². The Morgan fingerprint density at radius 1 is 1.33 bits per heavy atom. The predicted molar refractivity (Wildman–Crippen MR) is 81.1 cm³/mol. The van der Waals surface area contributed by atoms with E-state index < -0.39 is 0 Å². The third-order valence-corrected chi connectivity index (χ3v) is 3.50. The fourth-order valence-electron chi connectivity index (χ4n) is 1.77. The highest BCUT2D eigenvalue weighted by molar-refractivity contribution is 9.10. The normalized spacial score (nSPS) is 14.1. The molecule has 5 heteroatoms. The third kappa shape index (κ3) is 4.80. The van der Waals surface area contributed by atoms with Gasteiger partial charge < -0.3 is 10.6 Å². The average molecular weight is 315 g/mol. The molecule has 0 aliphatic rings. The van der Waals surface area contributed by atoms with Gasteiger partial charge in [-0.05, 0) is 42.1 Å². The molecule has 0 aliphatic heterocycles. The van der Waals surface area contributed by atoms with Crippen LogP contribution in [0, 0.1) is 5.92 Å². The summed E-state index contributed by atoms with van der Waals surface area (Å²) in [4.78, 5) is 8.66. The number of nitrogens with one attached hydrogen (secondary N) is 2. The lowest BCUT2D eigenvalue weighted by molar-refractivity contribution is 0.483. The second-order valence-corrected chi connectivity index (χ2v) is 5.57. The number of anilines is 2. The van der Waals surface area contributed by atoms with Gasteiger partial charge in [0.05, 0.1) is 4.47 Å². The number of rotatable bonds is 7. The Kier molecular flexibility index (Phi) is 6.39. The van der Waals surface area contributed by atoms with E-state index in [1.807, 2.05) is 6.92 Å². The van der Waals surface area contributed by atoms with Crippen molar-refractivity contribution in [1.82, 2.24) is 9.97 Å². The molecule has 0 bridgehead atoms. The van der Waals surface area contributed by atoms with Crippen LogP contribution in [0.3, 0.4) is 0 Å². The Hall–Kier alpha value is -0.840. The molecule has 4 nitrogen and oxygen atoms in total. The summed E-state index contributed by atoms with van der Waals surface area (Å²) in [7, 11) is 0. The summed E-state index contributed by atoms with van der Waals surface area (Å²) >= 11 is 3.48. The minimum Gasteiger partial charge on any atom is -0.367 e. The molecule has 1 rings (SSSR count). The second kappa shape index (κ2) is 7.56. The Labute approximate surface area is 118 Å². The number of hydrogen-bond donors (Lipinski definition) is 2. The second-order valence-electron chi connectivity index (χ2n) is 4.71. The zero-order valence-electron chi connectivity index (χ0n) is 11.6. The number of aromatic nitrogens is 2. The fraction of sp³-hybridized carbons (Fsp3) is 0.692. The van der Waals surface area contributed by atoms with Gasteiger partial charge in [0.15, 0.2) is 0 Å². The van der Waals surface area contributed by atoms with Gasteiger partial charge in [0.25, 0.3) is 0 Å². The first kappa shape index (κ1) is 15.2. The Morgan fingerprint density at radius 3 is 2.67 bits per heavy atom. The van der Waals surface area contributed by atoms with Crippen LogP contribution in [0.15, 0.2) is 10.7 Å². The molecule has 0 spiro atoms. The Balaban J connectivity index is 2.67. The first-order valence-electron chi connectivity index (χ1n) is 6.59. The zero-order valence-corrected chi connectivity index (χ0v) is 13.2. The molecule has 18 heavy (non-hydrogen) atoms. The smallest absolute Gasteiger partial charge is 0.224 e. The summed E-state index contributed by atoms with van der Waals surface area (Å²) < 4.78 is 0.903. The fourth-order valence-corrected chi connectivity index (χ4v) is 2.08. The largest absolute Gasteiger partial charge is 0.367 e. The first-order valence-corrected chi connectivity index (χ1v) is 7.39. The molecule has 102 valence electrons. The molecule has 0 aliphatic carbocycles. The molecule has 0 amide bonds. The van der Waals surface area contributed by atoms with Crippen molar-refractivity contribution in [3.8, 4) is 0 Å². The maximum atomic E-state index is 4.45. The summed E-state index contributed by atoms with van der Waals surface area (Å²) in [6.07, 6.45) is 4.13. The third-order valence-electron chi connectivity index (χ3n) is 2.91. The van der Waals surface area contributed by atoms with E-state index in [1.54, 1.807) is 6.20 Å². The predicted octanol–water partition coefficient (Wildman–Crippen LogP) is 3.91. The van der Waals surface area contributed by atoms with Crippen LogP contribution in [0.2, 0.25) is 0 Å². The topological polar surface area (TPSA) is 49.8 Å². The highest BCUT2D eigenvalue weighted by atomic mass is 79.9. The van der Waals surface area contributed by atoms with Crippen molar-refractivity contribution in [1.29, 1.82) is 0 Å². The number of hydrogen-bond acceptors (Lipinski definition) is 4. The molecule has 0 radical (unpaired) electrons. The molecule has 1 aromatic rings. The minimum atomic E-state index is 0.403. The van der Waals surface area contributed by atoms with Gasteiger partial charge in [-0.15, -0.1) is 0 Å². The van der Waals surface area contributed by atoms with Gasteiger partial charge in [-0.2, -0.15) is 4.98 Å². The maximum Gasteiger partial charge on any atom is 0.224 e. The highest BCUT2D eigenvalue weighted by Crippen LogP contribution is 2.22. The van der Waals surface area contributed by atoms with Crippen molar-refractivity contribution >= 4 is 27.7 Å². The van der Waals surface area contributed by atoms with Gasteiger partial charge in [-0.3, -0.25) is 0 Å². The zero-order chi connectivity index (χ0) is 13.5. The van der Waals surface area contributed by atoms with Crippen LogP contribution < -0.4 is 10.6 Å². The standard InChI is InChI=1S/C13H23BrN4/c1-5-9(3)7-10(4)17-12-11(14)8-16-13(18-12)15-6-2/h8-10H,5-7H2,1-4H3,(H2,15,16,17,18). The molecule has 0 saturated carbocycles. The Morgan fingerprint density at radius 2 is 2.06 bits per heavy atom. The lowest BCUT2D eigenvalue weighted by atomic mass is 10.0. The van der Waals surface area contributed by atoms with Crippen molar-refractivity contribution in [2.24, 2.45) is 5.92 Å². The maximum absolute atomic E-state index is 4.45. The molecule has 1 heterocycles. The van der Waals surface area contributed by atoms with E-state index in [-0.39, 0.29) is 0 Å². The minimum absolute atomic E-state index is 0.403. The van der Waals surface area contributed by atoms with E-state index in [9.17, 15) is 0 Å². The number of nitrogens with zero attached hydrogens (tertiary/aromatic N) is 2. The molecule has 2 unspecified atom stereocenters. The van der Waals surface area contributed by atoms with Crippen molar-refractivity contribution < 1.29 is 0 Å². The van der Waals surface area contributed by atoms with Crippen LogP contribution in [0.5, 0.6) is 0 Å². The summed E-state index contributed by atoms with van der Waals surface area (Å²) in [5, 5.41) is 6.55. The molecule has 0 aromatic carbocycles. The van der Waals surface area contributed by atoms with Crippen LogP contribution in [0.25, 0.3) is 0 Å². The summed E-state index contributed by atoms with van der Waals surface area (Å²) in [5.74, 6) is 2.25. The van der Waals surface area contributed by atoms with E-state index in [2.05, 4.69) is 57.3 Å². The summed E-state index contributed by atoms with van der Waals surface area (Å²) in [6, 6.07) is 0.403. The van der Waals surface area contributed by atoms with Gasteiger partial charge >= 0.3 is 0 Å². The summed E-state index contributed by atoms with van der Waals surface area (Å²) in [5.41, 5.74) is 0. The SMILES string of the molecule is CCNc1ncc(Br)c(NC(C)CC(C)CC)n1. The van der Waals surface area contributed by atoms with Crippen molar-refractivity contribution in [2.75, 3.05) is 17.2 Å². The van der Waals surface area contributed by atoms with Crippen LogP contribution >= 0.6 is 15.9 Å². The molecule has 0 fully saturated rings. The van der Waals surface area contributed by atoms with Gasteiger partial charge in [0.2, 0.25) is 5.95 Å². The monoisotopic (exact) mass is 314 g/mol. The lowest BCUT2D eigenvalue weighted by Crippen LogP contribution is -2.19. The van der Waals surface area contributed by atoms with E-state index in [4.69, 9.17) is 0 Å². The molecular weight excluding hydrogens is 292 g/mol. The van der Waals surface area contributed by atoms with Crippen molar-refractivity contribution in [3.05, 3.63) is 10.7 Å². The molecule has 2 N–H and O–H groups in total.